The van der Waals surface area contributed by atoms with Gasteiger partial charge in [0.15, 0.2) is 5.96 Å². The van der Waals surface area contributed by atoms with Crippen LogP contribution in [0.3, 0.4) is 0 Å². The summed E-state index contributed by atoms with van der Waals surface area (Å²) in [7, 11) is 1.90. The first-order valence-electron chi connectivity index (χ1n) is 7.61. The summed E-state index contributed by atoms with van der Waals surface area (Å²) in [4.78, 5) is 6.34. The van der Waals surface area contributed by atoms with Crippen LogP contribution in [0.1, 0.15) is 5.56 Å². The Balaban J connectivity index is 1.77. The van der Waals surface area contributed by atoms with Gasteiger partial charge in [0.05, 0.1) is 17.6 Å². The highest BCUT2D eigenvalue weighted by Crippen LogP contribution is 2.28. The van der Waals surface area contributed by atoms with Crippen LogP contribution in [-0.4, -0.2) is 28.1 Å². The molecule has 24 heavy (non-hydrogen) atoms. The number of anilines is 1. The maximum atomic E-state index is 6.12. The summed E-state index contributed by atoms with van der Waals surface area (Å²) in [5.41, 5.74) is 16.6. The molecule has 0 spiro atoms. The van der Waals surface area contributed by atoms with Gasteiger partial charge in [-0.2, -0.15) is 5.10 Å². The predicted octanol–water partition coefficient (Wildman–Crippen LogP) is 2.74. The van der Waals surface area contributed by atoms with Gasteiger partial charge in [0.1, 0.15) is 0 Å². The van der Waals surface area contributed by atoms with E-state index < -0.39 is 0 Å². The molecule has 6 heteroatoms. The third kappa shape index (κ3) is 3.55. The van der Waals surface area contributed by atoms with Crippen molar-refractivity contribution in [3.05, 3.63) is 66.5 Å². The van der Waals surface area contributed by atoms with Gasteiger partial charge in [-0.15, -0.1) is 0 Å². The average molecular weight is 320 g/mol. The highest BCUT2D eigenvalue weighted by atomic mass is 15.2. The summed E-state index contributed by atoms with van der Waals surface area (Å²) in [6.07, 6.45) is 3.57. The van der Waals surface area contributed by atoms with Gasteiger partial charge in [-0.25, -0.2) is 4.99 Å². The van der Waals surface area contributed by atoms with E-state index in [-0.39, 0.29) is 0 Å². The first-order valence-corrected chi connectivity index (χ1v) is 7.61. The molecule has 2 aromatic carbocycles. The second kappa shape index (κ2) is 6.87. The van der Waals surface area contributed by atoms with Crippen molar-refractivity contribution in [2.75, 3.05) is 12.8 Å². The molecule has 1 heterocycles. The van der Waals surface area contributed by atoms with Crippen LogP contribution in [0, 0.1) is 0 Å². The molecule has 0 radical (unpaired) electrons. The molecular formula is C18H20N6. The fourth-order valence-electron chi connectivity index (χ4n) is 2.39. The number of aromatic nitrogens is 2. The lowest BCUT2D eigenvalue weighted by Gasteiger charge is -2.18. The van der Waals surface area contributed by atoms with Crippen LogP contribution in [0.5, 0.6) is 0 Å². The number of hydrogen-bond acceptors (Lipinski definition) is 3. The minimum atomic E-state index is 0.418. The summed E-state index contributed by atoms with van der Waals surface area (Å²) >= 11 is 0. The number of hydrogen-bond donors (Lipinski definition) is 3. The maximum absolute atomic E-state index is 6.12. The summed E-state index contributed by atoms with van der Waals surface area (Å²) < 4.78 is 0. The number of nitrogens with two attached hydrogens (primary N) is 2. The second-order valence-corrected chi connectivity index (χ2v) is 5.57. The molecule has 3 aromatic rings. The summed E-state index contributed by atoms with van der Waals surface area (Å²) in [6.45, 7) is 0.684. The summed E-state index contributed by atoms with van der Waals surface area (Å²) in [5.74, 6) is 0.418. The molecule has 0 bridgehead atoms. The molecule has 0 saturated carbocycles. The zero-order chi connectivity index (χ0) is 16.9. The zero-order valence-corrected chi connectivity index (χ0v) is 13.5. The van der Waals surface area contributed by atoms with Crippen molar-refractivity contribution < 1.29 is 0 Å². The number of benzene rings is 2. The van der Waals surface area contributed by atoms with Gasteiger partial charge in [-0.3, -0.25) is 5.10 Å². The van der Waals surface area contributed by atoms with E-state index in [0.717, 1.165) is 11.1 Å². The molecular weight excluding hydrogens is 300 g/mol. The van der Waals surface area contributed by atoms with Gasteiger partial charge < -0.3 is 16.4 Å². The smallest absolute Gasteiger partial charge is 0.196 e. The Bertz CT molecular complexity index is 824. The Morgan fingerprint density at radius 3 is 2.62 bits per heavy atom. The molecule has 0 aliphatic rings. The molecule has 0 amide bonds. The monoisotopic (exact) mass is 320 g/mol. The molecule has 3 rings (SSSR count). The van der Waals surface area contributed by atoms with Crippen molar-refractivity contribution in [1.29, 1.82) is 0 Å². The van der Waals surface area contributed by atoms with Crippen molar-refractivity contribution in [1.82, 2.24) is 15.1 Å². The fourth-order valence-corrected chi connectivity index (χ4v) is 2.39. The van der Waals surface area contributed by atoms with Crippen molar-refractivity contribution in [2.45, 2.75) is 6.54 Å². The second-order valence-electron chi connectivity index (χ2n) is 5.57. The Hall–Kier alpha value is -3.28. The number of aliphatic imine (C=N–C) groups is 1. The molecule has 0 atom stereocenters. The van der Waals surface area contributed by atoms with Crippen LogP contribution < -0.4 is 11.5 Å². The van der Waals surface area contributed by atoms with Gasteiger partial charge >= 0.3 is 0 Å². The van der Waals surface area contributed by atoms with Crippen LogP contribution in [0.4, 0.5) is 11.4 Å². The number of nitrogen functional groups attached to an aromatic ring is 1. The maximum Gasteiger partial charge on any atom is 0.196 e. The Labute approximate surface area is 140 Å². The number of rotatable bonds is 4. The molecule has 0 saturated heterocycles. The Morgan fingerprint density at radius 2 is 1.96 bits per heavy atom. The van der Waals surface area contributed by atoms with Gasteiger partial charge in [0, 0.05) is 25.4 Å². The standard InChI is InChI=1S/C18H20N6/c1-24(12-13-5-3-2-4-6-13)18(20)23-17-8-7-14(9-16(17)19)15-10-21-22-11-15/h2-11H,12,19H2,1H3,(H2,20,23)(H,21,22). The van der Waals surface area contributed by atoms with Gasteiger partial charge in [-0.05, 0) is 23.3 Å². The van der Waals surface area contributed by atoms with E-state index in [1.807, 2.05) is 54.5 Å². The molecule has 0 fully saturated rings. The highest BCUT2D eigenvalue weighted by Gasteiger charge is 2.07. The van der Waals surface area contributed by atoms with Crippen LogP contribution in [0.15, 0.2) is 65.9 Å². The molecule has 122 valence electrons. The van der Waals surface area contributed by atoms with E-state index in [1.54, 1.807) is 6.20 Å². The number of H-pyrrole nitrogens is 1. The lowest BCUT2D eigenvalue weighted by molar-refractivity contribution is 0.495. The lowest BCUT2D eigenvalue weighted by atomic mass is 10.1. The molecule has 1 aromatic heterocycles. The van der Waals surface area contributed by atoms with E-state index in [0.29, 0.717) is 23.9 Å². The first kappa shape index (κ1) is 15.6. The van der Waals surface area contributed by atoms with Crippen LogP contribution >= 0.6 is 0 Å². The SMILES string of the molecule is CN(Cc1ccccc1)/C(N)=N/c1ccc(-c2cn[nH]c2)cc1N. The van der Waals surface area contributed by atoms with E-state index >= 15 is 0 Å². The minimum absolute atomic E-state index is 0.418. The quantitative estimate of drug-likeness (QED) is 0.391. The third-order valence-corrected chi connectivity index (χ3v) is 3.75. The average Bonchev–Trinajstić information content (AvgIpc) is 3.12. The zero-order valence-electron chi connectivity index (χ0n) is 13.5. The topological polar surface area (TPSA) is 96.3 Å². The predicted molar refractivity (Wildman–Crippen MR) is 97.6 cm³/mol. The van der Waals surface area contributed by atoms with Crippen molar-refractivity contribution in [2.24, 2.45) is 10.7 Å². The van der Waals surface area contributed by atoms with Gasteiger partial charge in [0.25, 0.3) is 0 Å². The van der Waals surface area contributed by atoms with E-state index in [2.05, 4.69) is 27.3 Å². The van der Waals surface area contributed by atoms with Crippen molar-refractivity contribution in [3.63, 3.8) is 0 Å². The van der Waals surface area contributed by atoms with Gasteiger partial charge in [0.2, 0.25) is 0 Å². The minimum Gasteiger partial charge on any atom is -0.397 e. The first-order chi connectivity index (χ1) is 11.6. The van der Waals surface area contributed by atoms with E-state index in [4.69, 9.17) is 11.5 Å². The van der Waals surface area contributed by atoms with Crippen LogP contribution in [0.25, 0.3) is 11.1 Å². The van der Waals surface area contributed by atoms with Crippen molar-refractivity contribution in [3.8, 4) is 11.1 Å². The molecule has 6 nitrogen and oxygen atoms in total. The normalized spacial score (nSPS) is 11.5. The molecule has 0 unspecified atom stereocenters. The van der Waals surface area contributed by atoms with Crippen LogP contribution in [0.2, 0.25) is 0 Å². The van der Waals surface area contributed by atoms with Crippen molar-refractivity contribution >= 4 is 17.3 Å². The number of aromatic amines is 1. The van der Waals surface area contributed by atoms with Crippen LogP contribution in [-0.2, 0) is 6.54 Å². The number of guanidine groups is 1. The fraction of sp³-hybridized carbons (Fsp3) is 0.111. The third-order valence-electron chi connectivity index (χ3n) is 3.75. The Morgan fingerprint density at radius 1 is 1.17 bits per heavy atom. The number of nitrogens with zero attached hydrogens (tertiary/aromatic N) is 3. The Kier molecular flexibility index (Phi) is 4.47. The molecule has 0 aliphatic carbocycles. The van der Waals surface area contributed by atoms with E-state index in [9.17, 15) is 0 Å². The molecule has 5 N–H and O–H groups in total. The summed E-state index contributed by atoms with van der Waals surface area (Å²) in [6, 6.07) is 15.8. The summed E-state index contributed by atoms with van der Waals surface area (Å²) in [5, 5.41) is 6.73. The largest absolute Gasteiger partial charge is 0.397 e. The molecule has 0 aliphatic heterocycles. The lowest BCUT2D eigenvalue weighted by Crippen LogP contribution is -2.33. The van der Waals surface area contributed by atoms with Gasteiger partial charge in [-0.1, -0.05) is 36.4 Å². The van der Waals surface area contributed by atoms with E-state index in [1.165, 1.54) is 5.56 Å². The number of nitrogens with one attached hydrogen (secondary N) is 1. The highest BCUT2D eigenvalue weighted by molar-refractivity contribution is 5.84.